The fraction of sp³-hybridized carbons (Fsp3) is 0.0256. The average molecular weight is 920 g/mol. The van der Waals surface area contributed by atoms with Crippen molar-refractivity contribution in [2.24, 2.45) is 40.9 Å². The van der Waals surface area contributed by atoms with Crippen molar-refractivity contribution in [2.45, 2.75) is 16.2 Å². The third-order valence-corrected chi connectivity index (χ3v) is 10.2. The first-order valence-corrected chi connectivity index (χ1v) is 20.3. The van der Waals surface area contributed by atoms with Crippen molar-refractivity contribution in [3.8, 4) is 23.0 Å². The van der Waals surface area contributed by atoms with Crippen LogP contribution < -0.4 is 0 Å². The molecule has 0 amide bonds. The first-order chi connectivity index (χ1) is 29.7. The quantitative estimate of drug-likeness (QED) is 0.0287. The molecule has 0 aliphatic rings. The van der Waals surface area contributed by atoms with E-state index in [0.717, 1.165) is 48.5 Å². The maximum Gasteiger partial charge on any atom is 0.337 e. The monoisotopic (exact) mass is 919 g/mol. The van der Waals surface area contributed by atoms with E-state index in [1.54, 1.807) is 0 Å². The Labute approximate surface area is 382 Å². The van der Waals surface area contributed by atoms with Gasteiger partial charge in [-0.1, -0.05) is 12.1 Å². The standard InChI is InChI=1S/C39H28N8O14S2.Na/c48-34-18-36(50)32(16-30(34)44-40-22-3-7-24(8-4-22)62(56,57)58)46-42-28-11-1-20(14-26(28)38(52)53)13-21-2-12-29(27(15-21)39(54)55)43-47-33-17-31(35(49)19-37(33)51)45-41-23-5-9-25(10-6-23)63(59,60)61;/h1-12,14-19,48-51H,13H2,(H,52,53)(H,54,55)(H,56,57,58)(H,59,60,61);. The van der Waals surface area contributed by atoms with Gasteiger partial charge in [-0.15, -0.1) is 30.7 Å². The zero-order chi connectivity index (χ0) is 45.6. The van der Waals surface area contributed by atoms with Crippen LogP contribution in [0.25, 0.3) is 0 Å². The summed E-state index contributed by atoms with van der Waals surface area (Å²) in [5.41, 5.74) is -0.642. The van der Waals surface area contributed by atoms with Gasteiger partial charge in [0, 0.05) is 53.8 Å². The summed E-state index contributed by atoms with van der Waals surface area (Å²) >= 11 is 0. The predicted molar refractivity (Wildman–Crippen MR) is 224 cm³/mol. The van der Waals surface area contributed by atoms with Gasteiger partial charge in [0.2, 0.25) is 0 Å². The number of aromatic hydroxyl groups is 4. The zero-order valence-corrected chi connectivity index (χ0v) is 36.2. The Kier molecular flexibility index (Phi) is 14.8. The minimum atomic E-state index is -4.44. The Morgan fingerprint density at radius 1 is 0.406 bits per heavy atom. The molecule has 0 fully saturated rings. The van der Waals surface area contributed by atoms with E-state index in [0.29, 0.717) is 11.1 Å². The van der Waals surface area contributed by atoms with Gasteiger partial charge in [-0.2, -0.15) is 27.1 Å². The third-order valence-electron chi connectivity index (χ3n) is 8.48. The molecule has 8 N–H and O–H groups in total. The fourth-order valence-electron chi connectivity index (χ4n) is 5.38. The van der Waals surface area contributed by atoms with Crippen LogP contribution in [0.5, 0.6) is 23.0 Å². The van der Waals surface area contributed by atoms with Gasteiger partial charge in [0.05, 0.1) is 32.3 Å². The molecule has 64 heavy (non-hydrogen) atoms. The van der Waals surface area contributed by atoms with Crippen molar-refractivity contribution >= 4 is 107 Å². The second-order valence-corrected chi connectivity index (χ2v) is 15.7. The molecule has 0 bridgehead atoms. The molecule has 25 heteroatoms. The number of aromatic carboxylic acids is 2. The molecular weight excluding hydrogens is 892 g/mol. The second-order valence-electron chi connectivity index (χ2n) is 12.9. The Morgan fingerprint density at radius 3 is 1.00 bits per heavy atom. The van der Waals surface area contributed by atoms with Gasteiger partial charge in [-0.05, 0) is 90.3 Å². The normalized spacial score (nSPS) is 12.0. The van der Waals surface area contributed by atoms with Crippen LogP contribution in [-0.4, -0.2) is 98.1 Å². The summed E-state index contributed by atoms with van der Waals surface area (Å²) in [5, 5.41) is 92.5. The number of phenols is 4. The summed E-state index contributed by atoms with van der Waals surface area (Å²) in [7, 11) is -8.88. The molecule has 6 rings (SSSR count). The maximum absolute atomic E-state index is 12.3. The van der Waals surface area contributed by atoms with Crippen molar-refractivity contribution < 1.29 is 66.2 Å². The van der Waals surface area contributed by atoms with Gasteiger partial charge >= 0.3 is 11.9 Å². The van der Waals surface area contributed by atoms with E-state index in [2.05, 4.69) is 40.9 Å². The van der Waals surface area contributed by atoms with Gasteiger partial charge < -0.3 is 30.6 Å². The first kappa shape index (κ1) is 47.7. The molecule has 22 nitrogen and oxygen atoms in total. The third kappa shape index (κ3) is 12.0. The molecular formula is C39H28N8NaO14S2. The number of carboxylic acids is 2. The van der Waals surface area contributed by atoms with E-state index >= 15 is 0 Å². The summed E-state index contributed by atoms with van der Waals surface area (Å²) in [4.78, 5) is 23.8. The van der Waals surface area contributed by atoms with Gasteiger partial charge in [-0.25, -0.2) is 9.59 Å². The van der Waals surface area contributed by atoms with Gasteiger partial charge in [0.15, 0.2) is 0 Å². The van der Waals surface area contributed by atoms with Crippen LogP contribution in [0.3, 0.4) is 0 Å². The van der Waals surface area contributed by atoms with E-state index in [4.69, 9.17) is 9.11 Å². The van der Waals surface area contributed by atoms with Crippen LogP contribution in [0.2, 0.25) is 0 Å². The molecule has 0 aliphatic carbocycles. The predicted octanol–water partition coefficient (Wildman–Crippen LogP) is 9.27. The molecule has 0 atom stereocenters. The Bertz CT molecular complexity index is 2940. The minimum Gasteiger partial charge on any atom is -0.505 e. The van der Waals surface area contributed by atoms with Crippen LogP contribution >= 0.6 is 0 Å². The van der Waals surface area contributed by atoms with Crippen molar-refractivity contribution in [1.29, 1.82) is 0 Å². The van der Waals surface area contributed by atoms with Crippen LogP contribution in [0.4, 0.5) is 45.5 Å². The number of carbonyl (C=O) groups is 2. The smallest absolute Gasteiger partial charge is 0.337 e. The minimum absolute atomic E-state index is 0. The topological polar surface area (TPSA) is 363 Å². The molecule has 6 aromatic rings. The molecule has 1 radical (unpaired) electrons. The number of phenolic OH excluding ortho intramolecular Hbond substituents is 4. The first-order valence-electron chi connectivity index (χ1n) is 17.4. The Morgan fingerprint density at radius 2 is 0.703 bits per heavy atom. The Balaban J connectivity index is 0.00000771. The summed E-state index contributed by atoms with van der Waals surface area (Å²) in [6, 6.07) is 21.5. The number of hydrogen-bond donors (Lipinski definition) is 8. The fourth-order valence-corrected chi connectivity index (χ4v) is 6.34. The summed E-state index contributed by atoms with van der Waals surface area (Å²) < 4.78 is 63.3. The van der Waals surface area contributed by atoms with Crippen LogP contribution in [-0.2, 0) is 26.7 Å². The van der Waals surface area contributed by atoms with Gasteiger partial charge in [0.25, 0.3) is 20.2 Å². The van der Waals surface area contributed by atoms with Crippen molar-refractivity contribution in [3.63, 3.8) is 0 Å². The van der Waals surface area contributed by atoms with E-state index in [1.807, 2.05) is 0 Å². The molecule has 0 saturated carbocycles. The summed E-state index contributed by atoms with van der Waals surface area (Å²) in [6.07, 6.45) is 0.0344. The van der Waals surface area contributed by atoms with Crippen molar-refractivity contribution in [2.75, 3.05) is 0 Å². The van der Waals surface area contributed by atoms with Gasteiger partial charge in [-0.3, -0.25) is 9.11 Å². The van der Waals surface area contributed by atoms with Gasteiger partial charge in [0.1, 0.15) is 57.1 Å². The van der Waals surface area contributed by atoms with Crippen LogP contribution in [0, 0.1) is 0 Å². The molecule has 6 aromatic carbocycles. The number of azo groups is 4. The number of nitrogens with zero attached hydrogens (tertiary/aromatic N) is 8. The maximum atomic E-state index is 12.3. The summed E-state index contributed by atoms with van der Waals surface area (Å²) in [5.74, 6) is -4.90. The van der Waals surface area contributed by atoms with E-state index in [9.17, 15) is 57.1 Å². The number of rotatable bonds is 14. The molecule has 0 aromatic heterocycles. The van der Waals surface area contributed by atoms with E-state index < -0.39 is 55.2 Å². The zero-order valence-electron chi connectivity index (χ0n) is 32.5. The molecule has 0 unspecified atom stereocenters. The summed E-state index contributed by atoms with van der Waals surface area (Å²) in [6.45, 7) is 0. The molecule has 0 saturated heterocycles. The SMILES string of the molecule is O=C(O)c1cc(Cc2ccc(N=Nc3cc(N=Nc4ccc(S(=O)(=O)O)cc4)c(O)cc3O)c(C(=O)O)c2)ccc1N=Nc1cc(N=Nc2ccc(S(=O)(=O)O)cc2)c(O)cc1O.[Na]. The van der Waals surface area contributed by atoms with Crippen molar-refractivity contribution in [1.82, 2.24) is 0 Å². The van der Waals surface area contributed by atoms with Crippen LogP contribution in [0.15, 0.2) is 160 Å². The largest absolute Gasteiger partial charge is 0.505 e. The Hall–Kier alpha value is -7.32. The van der Waals surface area contributed by atoms with E-state index in [-0.39, 0.29) is 102 Å². The molecule has 0 heterocycles. The molecule has 321 valence electrons. The number of hydrogen-bond acceptors (Lipinski definition) is 18. The number of benzene rings is 6. The van der Waals surface area contributed by atoms with E-state index in [1.165, 1.54) is 60.7 Å². The molecule has 0 spiro atoms. The van der Waals surface area contributed by atoms with Crippen molar-refractivity contribution in [3.05, 3.63) is 131 Å². The van der Waals surface area contributed by atoms with Crippen LogP contribution in [0.1, 0.15) is 31.8 Å². The molecule has 0 aliphatic heterocycles. The number of carboxylic acid groups (broad SMARTS) is 2. The average Bonchev–Trinajstić information content (AvgIpc) is 3.22. The second kappa shape index (κ2) is 19.8.